The number of rotatable bonds is 5. The lowest BCUT2D eigenvalue weighted by Gasteiger charge is -2.35. The highest BCUT2D eigenvalue weighted by Gasteiger charge is 2.32. The van der Waals surface area contributed by atoms with Crippen LogP contribution in [-0.4, -0.2) is 11.2 Å². The number of aliphatic hydroxyl groups is 1. The SMILES string of the molecule is CC(C)C[C@@H](O)[C@H]1CCc2ccccc2[C@@H]1/C=C/c1ccccc1. The minimum absolute atomic E-state index is 0.233. The fourth-order valence-electron chi connectivity index (χ4n) is 3.93. The molecule has 24 heavy (non-hydrogen) atoms. The van der Waals surface area contributed by atoms with E-state index in [1.807, 2.05) is 6.07 Å². The average Bonchev–Trinajstić information content (AvgIpc) is 2.59. The molecular weight excluding hydrogens is 292 g/mol. The van der Waals surface area contributed by atoms with Crippen molar-refractivity contribution in [1.82, 2.24) is 0 Å². The summed E-state index contributed by atoms with van der Waals surface area (Å²) in [5.74, 6) is 1.13. The Hall–Kier alpha value is -1.86. The summed E-state index contributed by atoms with van der Waals surface area (Å²) in [4.78, 5) is 0. The molecule has 0 saturated heterocycles. The van der Waals surface area contributed by atoms with Crippen molar-refractivity contribution in [3.05, 3.63) is 77.4 Å². The van der Waals surface area contributed by atoms with Gasteiger partial charge in [-0.15, -0.1) is 0 Å². The Morgan fingerprint density at radius 2 is 1.75 bits per heavy atom. The first-order valence-corrected chi connectivity index (χ1v) is 9.14. The molecule has 1 N–H and O–H groups in total. The number of allylic oxidation sites excluding steroid dienone is 1. The van der Waals surface area contributed by atoms with Gasteiger partial charge in [-0.25, -0.2) is 0 Å². The Morgan fingerprint density at radius 1 is 1.04 bits per heavy atom. The molecule has 0 fully saturated rings. The Bertz CT molecular complexity index is 671. The molecule has 2 aromatic rings. The van der Waals surface area contributed by atoms with Gasteiger partial charge in [-0.1, -0.05) is 80.6 Å². The monoisotopic (exact) mass is 320 g/mol. The lowest BCUT2D eigenvalue weighted by atomic mass is 9.71. The molecule has 126 valence electrons. The normalized spacial score (nSPS) is 21.8. The van der Waals surface area contributed by atoms with Crippen LogP contribution in [0.3, 0.4) is 0 Å². The van der Waals surface area contributed by atoms with Crippen LogP contribution in [0.25, 0.3) is 6.08 Å². The van der Waals surface area contributed by atoms with Crippen LogP contribution in [0.5, 0.6) is 0 Å². The number of aryl methyl sites for hydroxylation is 1. The van der Waals surface area contributed by atoms with E-state index in [1.165, 1.54) is 16.7 Å². The van der Waals surface area contributed by atoms with Crippen molar-refractivity contribution in [2.24, 2.45) is 11.8 Å². The van der Waals surface area contributed by atoms with E-state index in [4.69, 9.17) is 0 Å². The molecule has 0 bridgehead atoms. The minimum Gasteiger partial charge on any atom is -0.393 e. The largest absolute Gasteiger partial charge is 0.393 e. The Labute approximate surface area is 146 Å². The molecule has 3 atom stereocenters. The van der Waals surface area contributed by atoms with Gasteiger partial charge in [-0.2, -0.15) is 0 Å². The van der Waals surface area contributed by atoms with Crippen LogP contribution in [0.15, 0.2) is 60.7 Å². The van der Waals surface area contributed by atoms with E-state index < -0.39 is 0 Å². The number of benzene rings is 2. The molecule has 0 amide bonds. The zero-order valence-corrected chi connectivity index (χ0v) is 14.7. The zero-order chi connectivity index (χ0) is 16.9. The molecule has 0 saturated carbocycles. The Balaban J connectivity index is 1.90. The molecule has 0 heterocycles. The van der Waals surface area contributed by atoms with Gasteiger partial charge >= 0.3 is 0 Å². The number of hydrogen-bond acceptors (Lipinski definition) is 1. The predicted octanol–water partition coefficient (Wildman–Crippen LogP) is 5.45. The summed E-state index contributed by atoms with van der Waals surface area (Å²) in [5, 5.41) is 10.8. The molecule has 0 radical (unpaired) electrons. The number of aliphatic hydroxyl groups excluding tert-OH is 1. The van der Waals surface area contributed by atoms with Crippen molar-refractivity contribution < 1.29 is 5.11 Å². The zero-order valence-electron chi connectivity index (χ0n) is 14.7. The van der Waals surface area contributed by atoms with Gasteiger partial charge in [0.25, 0.3) is 0 Å². The van der Waals surface area contributed by atoms with Crippen LogP contribution in [0.2, 0.25) is 0 Å². The second-order valence-electron chi connectivity index (χ2n) is 7.39. The van der Waals surface area contributed by atoms with Gasteiger partial charge in [0.2, 0.25) is 0 Å². The van der Waals surface area contributed by atoms with Crippen LogP contribution in [0, 0.1) is 11.8 Å². The summed E-state index contributed by atoms with van der Waals surface area (Å²) in [5.41, 5.74) is 4.05. The Kier molecular flexibility index (Phi) is 5.52. The minimum atomic E-state index is -0.233. The van der Waals surface area contributed by atoms with Crippen LogP contribution >= 0.6 is 0 Å². The van der Waals surface area contributed by atoms with Crippen LogP contribution in [-0.2, 0) is 6.42 Å². The van der Waals surface area contributed by atoms with E-state index in [9.17, 15) is 5.11 Å². The van der Waals surface area contributed by atoms with Crippen molar-refractivity contribution in [3.63, 3.8) is 0 Å². The third-order valence-electron chi connectivity index (χ3n) is 5.13. The molecule has 0 unspecified atom stereocenters. The lowest BCUT2D eigenvalue weighted by Crippen LogP contribution is -2.31. The van der Waals surface area contributed by atoms with Gasteiger partial charge in [0, 0.05) is 5.92 Å². The van der Waals surface area contributed by atoms with E-state index in [-0.39, 0.29) is 6.10 Å². The lowest BCUT2D eigenvalue weighted by molar-refractivity contribution is 0.0715. The van der Waals surface area contributed by atoms with Crippen molar-refractivity contribution in [2.75, 3.05) is 0 Å². The fourth-order valence-corrected chi connectivity index (χ4v) is 3.93. The maximum absolute atomic E-state index is 10.8. The van der Waals surface area contributed by atoms with E-state index >= 15 is 0 Å². The summed E-state index contributed by atoms with van der Waals surface area (Å²) in [6.45, 7) is 4.38. The summed E-state index contributed by atoms with van der Waals surface area (Å²) in [7, 11) is 0. The summed E-state index contributed by atoms with van der Waals surface area (Å²) < 4.78 is 0. The quantitative estimate of drug-likeness (QED) is 0.776. The van der Waals surface area contributed by atoms with Crippen molar-refractivity contribution in [3.8, 4) is 0 Å². The molecule has 1 heteroatoms. The van der Waals surface area contributed by atoms with E-state index in [1.54, 1.807) is 0 Å². The standard InChI is InChI=1S/C23H28O/c1-17(2)16-23(24)22-15-13-19-10-6-7-11-20(19)21(22)14-12-18-8-4-3-5-9-18/h3-12,14,17,21-24H,13,15-16H2,1-2H3/b14-12+/t21-,22-,23+/m0/s1. The topological polar surface area (TPSA) is 20.2 Å². The third-order valence-corrected chi connectivity index (χ3v) is 5.13. The molecule has 0 aliphatic heterocycles. The average molecular weight is 320 g/mol. The first kappa shape index (κ1) is 17.0. The number of fused-ring (bicyclic) bond motifs is 1. The van der Waals surface area contributed by atoms with Crippen LogP contribution in [0.1, 0.15) is 49.3 Å². The van der Waals surface area contributed by atoms with E-state index in [0.717, 1.165) is 19.3 Å². The third kappa shape index (κ3) is 3.96. The first-order valence-electron chi connectivity index (χ1n) is 9.14. The second kappa shape index (κ2) is 7.81. The molecule has 1 aliphatic rings. The molecule has 0 aromatic heterocycles. The summed E-state index contributed by atoms with van der Waals surface area (Å²) >= 11 is 0. The number of hydrogen-bond donors (Lipinski definition) is 1. The first-order chi connectivity index (χ1) is 11.6. The maximum atomic E-state index is 10.8. The molecule has 0 spiro atoms. The Morgan fingerprint density at radius 3 is 2.50 bits per heavy atom. The summed E-state index contributed by atoms with van der Waals surface area (Å²) in [6.07, 6.45) is 7.30. The second-order valence-corrected chi connectivity index (χ2v) is 7.39. The molecule has 2 aromatic carbocycles. The van der Waals surface area contributed by atoms with Crippen LogP contribution in [0.4, 0.5) is 0 Å². The smallest absolute Gasteiger partial charge is 0.0579 e. The summed E-state index contributed by atoms with van der Waals surface area (Å²) in [6, 6.07) is 19.2. The van der Waals surface area contributed by atoms with Gasteiger partial charge in [0.1, 0.15) is 0 Å². The highest BCUT2D eigenvalue weighted by molar-refractivity contribution is 5.52. The maximum Gasteiger partial charge on any atom is 0.0579 e. The predicted molar refractivity (Wildman–Crippen MR) is 102 cm³/mol. The molecule has 1 aliphatic carbocycles. The van der Waals surface area contributed by atoms with Gasteiger partial charge in [-0.05, 0) is 47.8 Å². The van der Waals surface area contributed by atoms with Crippen LogP contribution < -0.4 is 0 Å². The molecular formula is C23H28O. The van der Waals surface area contributed by atoms with Gasteiger partial charge < -0.3 is 5.11 Å². The van der Waals surface area contributed by atoms with Gasteiger partial charge in [0.15, 0.2) is 0 Å². The molecule has 3 rings (SSSR count). The van der Waals surface area contributed by atoms with Crippen molar-refractivity contribution >= 4 is 6.08 Å². The fraction of sp³-hybridized carbons (Fsp3) is 0.391. The van der Waals surface area contributed by atoms with E-state index in [2.05, 4.69) is 74.5 Å². The molecule has 1 nitrogen and oxygen atoms in total. The van der Waals surface area contributed by atoms with Gasteiger partial charge in [0.05, 0.1) is 6.10 Å². The van der Waals surface area contributed by atoms with Crippen molar-refractivity contribution in [1.29, 1.82) is 0 Å². The van der Waals surface area contributed by atoms with Crippen molar-refractivity contribution in [2.45, 2.75) is 45.1 Å². The van der Waals surface area contributed by atoms with Gasteiger partial charge in [-0.3, -0.25) is 0 Å². The van der Waals surface area contributed by atoms with E-state index in [0.29, 0.717) is 17.8 Å². The highest BCUT2D eigenvalue weighted by atomic mass is 16.3. The highest BCUT2D eigenvalue weighted by Crippen LogP contribution is 2.40.